The average Bonchev–Trinajstić information content (AvgIpc) is 3.36. The topological polar surface area (TPSA) is 64.2 Å². The van der Waals surface area contributed by atoms with Crippen molar-refractivity contribution in [3.05, 3.63) is 78.0 Å². The Bertz CT molecular complexity index is 911. The smallest absolute Gasteiger partial charge is 0.257 e. The van der Waals surface area contributed by atoms with Gasteiger partial charge in [-0.1, -0.05) is 60.7 Å². The SMILES string of the molecule is Cl.NCC1CCN(C(=O)c2cn(Cc3ccccc3)nc2-c2ccccc2)C1. The summed E-state index contributed by atoms with van der Waals surface area (Å²) in [5.74, 6) is 0.442. The van der Waals surface area contributed by atoms with Crippen LogP contribution in [0.4, 0.5) is 0 Å². The number of amides is 1. The molecule has 0 radical (unpaired) electrons. The molecule has 0 aliphatic carbocycles. The maximum Gasteiger partial charge on any atom is 0.257 e. The number of carbonyl (C=O) groups excluding carboxylic acids is 1. The third kappa shape index (κ3) is 4.26. The lowest BCUT2D eigenvalue weighted by Crippen LogP contribution is -2.30. The van der Waals surface area contributed by atoms with Crippen molar-refractivity contribution >= 4 is 18.3 Å². The van der Waals surface area contributed by atoms with E-state index in [2.05, 4.69) is 12.1 Å². The van der Waals surface area contributed by atoms with E-state index in [0.717, 1.165) is 36.3 Å². The molecule has 1 aliphatic rings. The first-order valence-electron chi connectivity index (χ1n) is 9.40. The van der Waals surface area contributed by atoms with E-state index in [4.69, 9.17) is 10.8 Å². The second-order valence-electron chi connectivity index (χ2n) is 7.08. The lowest BCUT2D eigenvalue weighted by atomic mass is 10.1. The van der Waals surface area contributed by atoms with Crippen LogP contribution < -0.4 is 5.73 Å². The first kappa shape index (κ1) is 20.1. The number of aromatic nitrogens is 2. The molecule has 1 unspecified atom stereocenters. The van der Waals surface area contributed by atoms with Gasteiger partial charge >= 0.3 is 0 Å². The van der Waals surface area contributed by atoms with Gasteiger partial charge in [-0.15, -0.1) is 12.4 Å². The zero-order chi connectivity index (χ0) is 18.6. The third-order valence-electron chi connectivity index (χ3n) is 5.13. The van der Waals surface area contributed by atoms with Crippen LogP contribution in [0, 0.1) is 5.92 Å². The van der Waals surface area contributed by atoms with Crippen LogP contribution in [-0.2, 0) is 6.54 Å². The number of rotatable bonds is 5. The van der Waals surface area contributed by atoms with E-state index in [-0.39, 0.29) is 18.3 Å². The monoisotopic (exact) mass is 396 g/mol. The summed E-state index contributed by atoms with van der Waals surface area (Å²) in [6.45, 7) is 2.76. The van der Waals surface area contributed by atoms with Crippen LogP contribution in [0.15, 0.2) is 66.9 Å². The summed E-state index contributed by atoms with van der Waals surface area (Å²) in [6, 6.07) is 20.1. The number of hydrogen-bond acceptors (Lipinski definition) is 3. The fourth-order valence-electron chi connectivity index (χ4n) is 3.62. The normalized spacial score (nSPS) is 16.0. The Balaban J connectivity index is 0.00000225. The van der Waals surface area contributed by atoms with Crippen molar-refractivity contribution in [3.8, 4) is 11.3 Å². The molecule has 5 nitrogen and oxygen atoms in total. The molecule has 1 aromatic heterocycles. The van der Waals surface area contributed by atoms with E-state index in [1.165, 1.54) is 0 Å². The van der Waals surface area contributed by atoms with Gasteiger partial charge in [0.05, 0.1) is 12.1 Å². The van der Waals surface area contributed by atoms with Crippen LogP contribution in [0.5, 0.6) is 0 Å². The van der Waals surface area contributed by atoms with Gasteiger partial charge in [0.25, 0.3) is 5.91 Å². The molecule has 2 aromatic carbocycles. The minimum Gasteiger partial charge on any atom is -0.338 e. The first-order valence-corrected chi connectivity index (χ1v) is 9.40. The van der Waals surface area contributed by atoms with Crippen molar-refractivity contribution < 1.29 is 4.79 Å². The quantitative estimate of drug-likeness (QED) is 0.718. The predicted molar refractivity (Wildman–Crippen MR) is 114 cm³/mol. The van der Waals surface area contributed by atoms with Crippen LogP contribution in [0.1, 0.15) is 22.3 Å². The molecule has 0 bridgehead atoms. The molecule has 1 saturated heterocycles. The largest absolute Gasteiger partial charge is 0.338 e. The summed E-state index contributed by atoms with van der Waals surface area (Å²) in [6.07, 6.45) is 2.86. The van der Waals surface area contributed by atoms with E-state index < -0.39 is 0 Å². The molecule has 1 amide bonds. The molecule has 0 spiro atoms. The Labute approximate surface area is 171 Å². The molecule has 1 atom stereocenters. The van der Waals surface area contributed by atoms with E-state index >= 15 is 0 Å². The van der Waals surface area contributed by atoms with Gasteiger partial charge in [-0.3, -0.25) is 9.48 Å². The van der Waals surface area contributed by atoms with E-state index in [9.17, 15) is 4.79 Å². The van der Waals surface area contributed by atoms with Gasteiger partial charge in [0, 0.05) is 24.8 Å². The molecule has 6 heteroatoms. The highest BCUT2D eigenvalue weighted by molar-refractivity contribution is 6.00. The van der Waals surface area contributed by atoms with Crippen molar-refractivity contribution in [2.24, 2.45) is 11.7 Å². The number of likely N-dealkylation sites (tertiary alicyclic amines) is 1. The summed E-state index contributed by atoms with van der Waals surface area (Å²) in [5, 5.41) is 4.75. The lowest BCUT2D eigenvalue weighted by molar-refractivity contribution is 0.0788. The molecule has 146 valence electrons. The van der Waals surface area contributed by atoms with Crippen molar-refractivity contribution in [3.63, 3.8) is 0 Å². The van der Waals surface area contributed by atoms with Crippen molar-refractivity contribution in [1.82, 2.24) is 14.7 Å². The molecule has 2 heterocycles. The number of nitrogens with zero attached hydrogens (tertiary/aromatic N) is 3. The molecule has 2 N–H and O–H groups in total. The summed E-state index contributed by atoms with van der Waals surface area (Å²) < 4.78 is 1.86. The number of benzene rings is 2. The fourth-order valence-corrected chi connectivity index (χ4v) is 3.62. The average molecular weight is 397 g/mol. The molecular formula is C22H25ClN4O. The Kier molecular flexibility index (Phi) is 6.49. The first-order chi connectivity index (χ1) is 13.2. The van der Waals surface area contributed by atoms with Crippen molar-refractivity contribution in [2.45, 2.75) is 13.0 Å². The van der Waals surface area contributed by atoms with Gasteiger partial charge in [-0.05, 0) is 24.4 Å². The number of halogens is 1. The number of hydrogen-bond donors (Lipinski definition) is 1. The highest BCUT2D eigenvalue weighted by Gasteiger charge is 2.29. The van der Waals surface area contributed by atoms with Crippen LogP contribution >= 0.6 is 12.4 Å². The Hall–Kier alpha value is -2.63. The van der Waals surface area contributed by atoms with Crippen LogP contribution in [0.3, 0.4) is 0 Å². The van der Waals surface area contributed by atoms with Gasteiger partial charge in [0.1, 0.15) is 5.69 Å². The van der Waals surface area contributed by atoms with Crippen molar-refractivity contribution in [1.29, 1.82) is 0 Å². The van der Waals surface area contributed by atoms with Gasteiger partial charge in [0.2, 0.25) is 0 Å². The number of carbonyl (C=O) groups is 1. The summed E-state index contributed by atoms with van der Waals surface area (Å²) in [4.78, 5) is 15.1. The fraction of sp³-hybridized carbons (Fsp3) is 0.273. The minimum atomic E-state index is 0. The highest BCUT2D eigenvalue weighted by atomic mass is 35.5. The summed E-state index contributed by atoms with van der Waals surface area (Å²) in [7, 11) is 0. The van der Waals surface area contributed by atoms with Gasteiger partial charge in [0.15, 0.2) is 0 Å². The molecule has 4 rings (SSSR count). The van der Waals surface area contributed by atoms with Crippen LogP contribution in [0.25, 0.3) is 11.3 Å². The molecule has 1 aliphatic heterocycles. The Morgan fingerprint density at radius 3 is 2.39 bits per heavy atom. The zero-order valence-electron chi connectivity index (χ0n) is 15.7. The Morgan fingerprint density at radius 2 is 1.75 bits per heavy atom. The molecule has 28 heavy (non-hydrogen) atoms. The highest BCUT2D eigenvalue weighted by Crippen LogP contribution is 2.26. The van der Waals surface area contributed by atoms with E-state index in [1.54, 1.807) is 0 Å². The van der Waals surface area contributed by atoms with Crippen LogP contribution in [0.2, 0.25) is 0 Å². The summed E-state index contributed by atoms with van der Waals surface area (Å²) >= 11 is 0. The Morgan fingerprint density at radius 1 is 1.07 bits per heavy atom. The second-order valence-corrected chi connectivity index (χ2v) is 7.08. The van der Waals surface area contributed by atoms with Gasteiger partial charge in [-0.2, -0.15) is 5.10 Å². The maximum atomic E-state index is 13.2. The molecule has 0 saturated carbocycles. The van der Waals surface area contributed by atoms with Crippen LogP contribution in [-0.4, -0.2) is 40.2 Å². The second kappa shape index (κ2) is 9.04. The van der Waals surface area contributed by atoms with Gasteiger partial charge < -0.3 is 10.6 Å². The zero-order valence-corrected chi connectivity index (χ0v) is 16.5. The number of nitrogens with two attached hydrogens (primary N) is 1. The standard InChI is InChI=1S/C22H24N4O.ClH/c23-13-18-11-12-25(14-18)22(27)20-16-26(15-17-7-3-1-4-8-17)24-21(20)19-9-5-2-6-10-19;/h1-10,16,18H,11-15,23H2;1H. The molecular weight excluding hydrogens is 372 g/mol. The third-order valence-corrected chi connectivity index (χ3v) is 5.13. The van der Waals surface area contributed by atoms with Crippen molar-refractivity contribution in [2.75, 3.05) is 19.6 Å². The molecule has 3 aromatic rings. The minimum absolute atomic E-state index is 0. The molecule has 1 fully saturated rings. The van der Waals surface area contributed by atoms with E-state index in [1.807, 2.05) is 64.3 Å². The van der Waals surface area contributed by atoms with E-state index in [0.29, 0.717) is 24.6 Å². The summed E-state index contributed by atoms with van der Waals surface area (Å²) in [5.41, 5.74) is 9.31. The lowest BCUT2D eigenvalue weighted by Gasteiger charge is -2.16. The maximum absolute atomic E-state index is 13.2. The van der Waals surface area contributed by atoms with Gasteiger partial charge in [-0.25, -0.2) is 0 Å². The predicted octanol–water partition coefficient (Wildman–Crippen LogP) is 3.44.